The van der Waals surface area contributed by atoms with Crippen LogP contribution >= 0.6 is 11.7 Å². The Kier molecular flexibility index (Phi) is 3.80. The maximum absolute atomic E-state index is 12.1. The van der Waals surface area contributed by atoms with E-state index in [2.05, 4.69) is 14.1 Å². The van der Waals surface area contributed by atoms with Crippen molar-refractivity contribution in [1.29, 1.82) is 0 Å². The fourth-order valence-electron chi connectivity index (χ4n) is 2.58. The van der Waals surface area contributed by atoms with Gasteiger partial charge in [-0.05, 0) is 31.5 Å². The Bertz CT molecular complexity index is 687. The third-order valence-electron chi connectivity index (χ3n) is 3.56. The lowest BCUT2D eigenvalue weighted by Crippen LogP contribution is -2.40. The molecule has 2 N–H and O–H groups in total. The molecule has 1 unspecified atom stereocenters. The molecule has 0 spiro atoms. The molecule has 0 saturated carbocycles. The second kappa shape index (κ2) is 5.74. The number of carboxylic acids is 1. The van der Waals surface area contributed by atoms with Gasteiger partial charge in [-0.1, -0.05) is 6.07 Å². The van der Waals surface area contributed by atoms with Crippen LogP contribution in [-0.2, 0) is 9.59 Å². The first-order valence-electron chi connectivity index (χ1n) is 6.63. The fraction of sp³-hybridized carbons (Fsp3) is 0.385. The minimum Gasteiger partial charge on any atom is -0.480 e. The van der Waals surface area contributed by atoms with E-state index in [-0.39, 0.29) is 12.5 Å². The summed E-state index contributed by atoms with van der Waals surface area (Å²) in [6, 6.07) is 4.83. The van der Waals surface area contributed by atoms with Gasteiger partial charge in [0.2, 0.25) is 5.91 Å². The van der Waals surface area contributed by atoms with Crippen LogP contribution in [0.2, 0.25) is 0 Å². The molecular weight excluding hydrogens is 292 g/mol. The normalized spacial score (nSPS) is 19.0. The number of fused-ring (bicyclic) bond motifs is 1. The number of hydrogen-bond acceptors (Lipinski definition) is 6. The van der Waals surface area contributed by atoms with Crippen LogP contribution in [0.15, 0.2) is 18.2 Å². The number of nitrogens with one attached hydrogen (secondary N) is 1. The quantitative estimate of drug-likeness (QED) is 0.880. The lowest BCUT2D eigenvalue weighted by Gasteiger charge is -2.20. The summed E-state index contributed by atoms with van der Waals surface area (Å²) in [5.41, 5.74) is 2.01. The molecule has 2 aromatic rings. The van der Waals surface area contributed by atoms with Gasteiger partial charge in [-0.15, -0.1) is 0 Å². The molecule has 2 heterocycles. The number of nitrogens with zero attached hydrogens (tertiary/aromatic N) is 3. The van der Waals surface area contributed by atoms with E-state index < -0.39 is 12.0 Å². The average molecular weight is 306 g/mol. The van der Waals surface area contributed by atoms with Gasteiger partial charge in [0.25, 0.3) is 0 Å². The molecule has 1 fully saturated rings. The number of rotatable bonds is 4. The monoisotopic (exact) mass is 306 g/mol. The van der Waals surface area contributed by atoms with Crippen molar-refractivity contribution in [1.82, 2.24) is 13.6 Å². The summed E-state index contributed by atoms with van der Waals surface area (Å²) in [5.74, 6) is -1.10. The first-order chi connectivity index (χ1) is 10.1. The Balaban J connectivity index is 1.69. The van der Waals surface area contributed by atoms with Crippen LogP contribution in [-0.4, -0.2) is 49.8 Å². The number of aliphatic carboxylic acids is 1. The van der Waals surface area contributed by atoms with Crippen LogP contribution in [0.1, 0.15) is 12.8 Å². The highest BCUT2D eigenvalue weighted by molar-refractivity contribution is 7.00. The SMILES string of the molecule is O=C(CN1CCCC1C(=O)O)Nc1cccc2nsnc12. The zero-order chi connectivity index (χ0) is 14.8. The summed E-state index contributed by atoms with van der Waals surface area (Å²) >= 11 is 1.09. The van der Waals surface area contributed by atoms with Crippen molar-refractivity contribution in [3.63, 3.8) is 0 Å². The molecule has 1 aliphatic heterocycles. The molecule has 1 atom stereocenters. The molecular formula is C13H14N4O3S. The summed E-state index contributed by atoms with van der Waals surface area (Å²) in [6.45, 7) is 0.706. The van der Waals surface area contributed by atoms with Crippen molar-refractivity contribution < 1.29 is 14.7 Å². The van der Waals surface area contributed by atoms with Crippen molar-refractivity contribution in [3.8, 4) is 0 Å². The minimum atomic E-state index is -0.869. The Morgan fingerprint density at radius 3 is 3.10 bits per heavy atom. The van der Waals surface area contributed by atoms with E-state index in [1.807, 2.05) is 6.07 Å². The summed E-state index contributed by atoms with van der Waals surface area (Å²) in [4.78, 5) is 24.9. The van der Waals surface area contributed by atoms with Gasteiger partial charge in [-0.2, -0.15) is 8.75 Å². The van der Waals surface area contributed by atoms with Crippen LogP contribution in [0, 0.1) is 0 Å². The number of benzene rings is 1. The number of carbonyl (C=O) groups excluding carboxylic acids is 1. The van der Waals surface area contributed by atoms with Crippen LogP contribution in [0.3, 0.4) is 0 Å². The molecule has 0 bridgehead atoms. The molecule has 1 saturated heterocycles. The summed E-state index contributed by atoms with van der Waals surface area (Å²) in [6.07, 6.45) is 1.39. The zero-order valence-electron chi connectivity index (χ0n) is 11.2. The van der Waals surface area contributed by atoms with Gasteiger partial charge < -0.3 is 10.4 Å². The minimum absolute atomic E-state index is 0.0743. The number of carboxylic acid groups (broad SMARTS) is 1. The van der Waals surface area contributed by atoms with Crippen molar-refractivity contribution in [2.75, 3.05) is 18.4 Å². The largest absolute Gasteiger partial charge is 0.480 e. The Morgan fingerprint density at radius 2 is 2.29 bits per heavy atom. The van der Waals surface area contributed by atoms with Crippen molar-refractivity contribution >= 4 is 40.3 Å². The molecule has 1 aliphatic rings. The standard InChI is InChI=1S/C13H14N4O3S/c18-11(7-17-6-2-5-10(17)13(19)20)14-8-3-1-4-9-12(8)16-21-15-9/h1,3-4,10H,2,5-7H2,(H,14,18)(H,19,20). The first kappa shape index (κ1) is 13.9. The summed E-state index contributed by atoms with van der Waals surface area (Å²) < 4.78 is 8.27. The molecule has 0 aliphatic carbocycles. The number of carbonyl (C=O) groups is 2. The van der Waals surface area contributed by atoms with E-state index in [4.69, 9.17) is 5.11 Å². The highest BCUT2D eigenvalue weighted by Gasteiger charge is 2.31. The number of amides is 1. The average Bonchev–Trinajstić information content (AvgIpc) is 3.07. The zero-order valence-corrected chi connectivity index (χ0v) is 12.0. The van der Waals surface area contributed by atoms with Crippen LogP contribution in [0.25, 0.3) is 11.0 Å². The van der Waals surface area contributed by atoms with E-state index in [1.54, 1.807) is 17.0 Å². The Labute approximate surface area is 124 Å². The van der Waals surface area contributed by atoms with Crippen molar-refractivity contribution in [2.24, 2.45) is 0 Å². The van der Waals surface area contributed by atoms with Gasteiger partial charge in [-0.3, -0.25) is 14.5 Å². The predicted octanol–water partition coefficient (Wildman–Crippen LogP) is 1.18. The van der Waals surface area contributed by atoms with E-state index in [0.29, 0.717) is 24.2 Å². The van der Waals surface area contributed by atoms with Crippen LogP contribution < -0.4 is 5.32 Å². The van der Waals surface area contributed by atoms with E-state index in [9.17, 15) is 9.59 Å². The highest BCUT2D eigenvalue weighted by Crippen LogP contribution is 2.22. The molecule has 8 heteroatoms. The highest BCUT2D eigenvalue weighted by atomic mass is 32.1. The van der Waals surface area contributed by atoms with Crippen molar-refractivity contribution in [3.05, 3.63) is 18.2 Å². The third kappa shape index (κ3) is 2.86. The van der Waals surface area contributed by atoms with E-state index in [1.165, 1.54) is 0 Å². The molecule has 1 amide bonds. The summed E-state index contributed by atoms with van der Waals surface area (Å²) in [7, 11) is 0. The van der Waals surface area contributed by atoms with Crippen LogP contribution in [0.4, 0.5) is 5.69 Å². The molecule has 21 heavy (non-hydrogen) atoms. The number of anilines is 1. The predicted molar refractivity (Wildman–Crippen MR) is 78.3 cm³/mol. The molecule has 1 aromatic heterocycles. The first-order valence-corrected chi connectivity index (χ1v) is 7.36. The number of aromatic nitrogens is 2. The number of likely N-dealkylation sites (tertiary alicyclic amines) is 1. The van der Waals surface area contributed by atoms with Gasteiger partial charge in [0.05, 0.1) is 24.0 Å². The fourth-order valence-corrected chi connectivity index (χ4v) is 3.13. The van der Waals surface area contributed by atoms with Gasteiger partial charge in [0.15, 0.2) is 0 Å². The summed E-state index contributed by atoms with van der Waals surface area (Å²) in [5, 5.41) is 11.9. The van der Waals surface area contributed by atoms with Crippen molar-refractivity contribution in [2.45, 2.75) is 18.9 Å². The molecule has 1 aromatic carbocycles. The maximum Gasteiger partial charge on any atom is 0.320 e. The third-order valence-corrected chi connectivity index (χ3v) is 4.10. The maximum atomic E-state index is 12.1. The lowest BCUT2D eigenvalue weighted by molar-refractivity contribution is -0.142. The second-order valence-corrected chi connectivity index (χ2v) is 5.48. The lowest BCUT2D eigenvalue weighted by atomic mass is 10.2. The Morgan fingerprint density at radius 1 is 1.43 bits per heavy atom. The van der Waals surface area contributed by atoms with E-state index in [0.717, 1.165) is 23.7 Å². The molecule has 7 nitrogen and oxygen atoms in total. The second-order valence-electron chi connectivity index (χ2n) is 4.95. The smallest absolute Gasteiger partial charge is 0.320 e. The molecule has 3 rings (SSSR count). The Hall–Kier alpha value is -2.06. The van der Waals surface area contributed by atoms with Gasteiger partial charge >= 0.3 is 5.97 Å². The van der Waals surface area contributed by atoms with Gasteiger partial charge in [-0.25, -0.2) is 0 Å². The van der Waals surface area contributed by atoms with Gasteiger partial charge in [0.1, 0.15) is 17.1 Å². The molecule has 0 radical (unpaired) electrons. The van der Waals surface area contributed by atoms with Crippen LogP contribution in [0.5, 0.6) is 0 Å². The van der Waals surface area contributed by atoms with Gasteiger partial charge in [0, 0.05) is 0 Å². The number of hydrogen-bond donors (Lipinski definition) is 2. The van der Waals surface area contributed by atoms with E-state index >= 15 is 0 Å². The molecule has 110 valence electrons. The topological polar surface area (TPSA) is 95.4 Å².